The minimum atomic E-state index is -0.0911. The molecule has 0 radical (unpaired) electrons. The van der Waals surface area contributed by atoms with Crippen molar-refractivity contribution in [1.29, 1.82) is 5.26 Å². The molecule has 3 nitrogen and oxygen atoms in total. The third-order valence-corrected chi connectivity index (χ3v) is 4.61. The number of hydrogen-bond acceptors (Lipinski definition) is 3. The molecule has 1 aliphatic rings. The fourth-order valence-electron chi connectivity index (χ4n) is 3.28. The van der Waals surface area contributed by atoms with Crippen molar-refractivity contribution in [3.63, 3.8) is 0 Å². The fraction of sp³-hybridized carbons (Fsp3) is 0.529. The zero-order valence-electron chi connectivity index (χ0n) is 12.2. The zero-order chi connectivity index (χ0) is 14.6. The van der Waals surface area contributed by atoms with Crippen molar-refractivity contribution in [2.75, 3.05) is 7.11 Å². The van der Waals surface area contributed by atoms with E-state index in [-0.39, 0.29) is 11.3 Å². The summed E-state index contributed by atoms with van der Waals surface area (Å²) in [6.07, 6.45) is 5.15. The number of nitrogens with zero attached hydrogens (tertiary/aromatic N) is 1. The number of nitriles is 1. The molecule has 0 heterocycles. The lowest BCUT2D eigenvalue weighted by Crippen LogP contribution is -2.32. The van der Waals surface area contributed by atoms with Crippen LogP contribution in [0.2, 0.25) is 0 Å². The fourth-order valence-corrected chi connectivity index (χ4v) is 3.28. The Morgan fingerprint density at radius 2 is 2.15 bits per heavy atom. The second kappa shape index (κ2) is 6.09. The first-order valence-electron chi connectivity index (χ1n) is 7.13. The molecule has 20 heavy (non-hydrogen) atoms. The van der Waals surface area contributed by atoms with Gasteiger partial charge in [0.15, 0.2) is 0 Å². The Labute approximate surface area is 120 Å². The van der Waals surface area contributed by atoms with Gasteiger partial charge in [-0.3, -0.25) is 0 Å². The van der Waals surface area contributed by atoms with Crippen molar-refractivity contribution >= 4 is 6.29 Å². The molecular weight excluding hydrogens is 250 g/mol. The molecule has 0 spiro atoms. The van der Waals surface area contributed by atoms with Crippen LogP contribution in [0.4, 0.5) is 0 Å². The van der Waals surface area contributed by atoms with Gasteiger partial charge < -0.3 is 9.53 Å². The zero-order valence-corrected chi connectivity index (χ0v) is 12.2. The lowest BCUT2D eigenvalue weighted by Gasteiger charge is -2.38. The van der Waals surface area contributed by atoms with Gasteiger partial charge in [0.2, 0.25) is 0 Å². The first-order valence-corrected chi connectivity index (χ1v) is 7.13. The highest BCUT2D eigenvalue weighted by Crippen LogP contribution is 2.44. The molecule has 1 fully saturated rings. The Balaban J connectivity index is 2.31. The molecule has 1 aromatic rings. The molecule has 0 bridgehead atoms. The van der Waals surface area contributed by atoms with Gasteiger partial charge in [-0.25, -0.2) is 0 Å². The Morgan fingerprint density at radius 1 is 1.45 bits per heavy atom. The summed E-state index contributed by atoms with van der Waals surface area (Å²) in [5, 5.41) is 9.04. The number of carbonyl (C=O) groups excluding carboxylic acids is 1. The summed E-state index contributed by atoms with van der Waals surface area (Å²) in [5.41, 5.74) is 2.21. The van der Waals surface area contributed by atoms with Gasteiger partial charge in [0.1, 0.15) is 12.0 Å². The largest absolute Gasteiger partial charge is 0.496 e. The van der Waals surface area contributed by atoms with Gasteiger partial charge in [0.05, 0.1) is 13.2 Å². The van der Waals surface area contributed by atoms with E-state index in [2.05, 4.69) is 18.2 Å². The molecule has 0 atom stereocenters. The average molecular weight is 271 g/mol. The number of benzene rings is 1. The highest BCUT2D eigenvalue weighted by atomic mass is 16.5. The van der Waals surface area contributed by atoms with Crippen molar-refractivity contribution in [3.05, 3.63) is 29.3 Å². The van der Waals surface area contributed by atoms with Gasteiger partial charge in [-0.2, -0.15) is 5.26 Å². The summed E-state index contributed by atoms with van der Waals surface area (Å²) in [5.74, 6) is 1.02. The summed E-state index contributed by atoms with van der Waals surface area (Å²) in [6, 6.07) is 8.54. The van der Waals surface area contributed by atoms with Crippen LogP contribution in [0.25, 0.3) is 0 Å². The van der Waals surface area contributed by atoms with Crippen LogP contribution >= 0.6 is 0 Å². The number of rotatable bonds is 4. The van der Waals surface area contributed by atoms with E-state index < -0.39 is 0 Å². The number of aryl methyl sites for hydroxylation is 1. The predicted octanol–water partition coefficient (Wildman–Crippen LogP) is 3.54. The average Bonchev–Trinajstić information content (AvgIpc) is 2.48. The standard InChI is InChI=1S/C17H21NO2/c1-13-11-15(3-4-16(13)20-2)17(9-10-19)7-5-14(12-18)6-8-17/h3-4,10-11,14H,5-9H2,1-2H3. The molecule has 0 amide bonds. The van der Waals surface area contributed by atoms with Crippen LogP contribution in [0.5, 0.6) is 5.75 Å². The third kappa shape index (κ3) is 2.70. The predicted molar refractivity (Wildman–Crippen MR) is 77.7 cm³/mol. The number of hydrogen-bond donors (Lipinski definition) is 0. The molecular formula is C17H21NO2. The third-order valence-electron chi connectivity index (χ3n) is 4.61. The maximum absolute atomic E-state index is 11.1. The van der Waals surface area contributed by atoms with Crippen molar-refractivity contribution in [2.24, 2.45) is 5.92 Å². The Hall–Kier alpha value is -1.82. The van der Waals surface area contributed by atoms with Crippen LogP contribution in [-0.4, -0.2) is 13.4 Å². The quantitative estimate of drug-likeness (QED) is 0.787. The highest BCUT2D eigenvalue weighted by Gasteiger charge is 2.36. The first kappa shape index (κ1) is 14.6. The number of carbonyl (C=O) groups is 1. The lowest BCUT2D eigenvalue weighted by molar-refractivity contribution is -0.109. The van der Waals surface area contributed by atoms with Gasteiger partial charge in [0.25, 0.3) is 0 Å². The van der Waals surface area contributed by atoms with Crippen molar-refractivity contribution in [2.45, 2.75) is 44.4 Å². The van der Waals surface area contributed by atoms with E-state index in [1.807, 2.05) is 13.0 Å². The Morgan fingerprint density at radius 3 is 2.65 bits per heavy atom. The number of methoxy groups -OCH3 is 1. The van der Waals surface area contributed by atoms with Gasteiger partial charge in [-0.15, -0.1) is 0 Å². The van der Waals surface area contributed by atoms with Crippen LogP contribution in [0.15, 0.2) is 18.2 Å². The number of aldehydes is 1. The van der Waals surface area contributed by atoms with Gasteiger partial charge >= 0.3 is 0 Å². The Bertz CT molecular complexity index is 522. The topological polar surface area (TPSA) is 50.1 Å². The monoisotopic (exact) mass is 271 g/mol. The molecule has 1 aliphatic carbocycles. The lowest BCUT2D eigenvalue weighted by atomic mass is 9.65. The molecule has 2 rings (SSSR count). The van der Waals surface area contributed by atoms with E-state index in [1.54, 1.807) is 7.11 Å². The van der Waals surface area contributed by atoms with Crippen LogP contribution < -0.4 is 4.74 Å². The van der Waals surface area contributed by atoms with Crippen molar-refractivity contribution < 1.29 is 9.53 Å². The molecule has 0 aliphatic heterocycles. The molecule has 0 unspecified atom stereocenters. The second-order valence-corrected chi connectivity index (χ2v) is 5.74. The second-order valence-electron chi connectivity index (χ2n) is 5.74. The van der Waals surface area contributed by atoms with E-state index >= 15 is 0 Å². The van der Waals surface area contributed by atoms with E-state index in [4.69, 9.17) is 10.00 Å². The minimum absolute atomic E-state index is 0.0911. The number of ether oxygens (including phenoxy) is 1. The van der Waals surface area contributed by atoms with Crippen LogP contribution in [0.3, 0.4) is 0 Å². The van der Waals surface area contributed by atoms with Crippen molar-refractivity contribution in [3.8, 4) is 11.8 Å². The van der Waals surface area contributed by atoms with E-state index in [9.17, 15) is 4.79 Å². The first-order chi connectivity index (χ1) is 9.65. The highest BCUT2D eigenvalue weighted by molar-refractivity contribution is 5.54. The normalized spacial score (nSPS) is 25.8. The minimum Gasteiger partial charge on any atom is -0.496 e. The smallest absolute Gasteiger partial charge is 0.121 e. The van der Waals surface area contributed by atoms with Crippen LogP contribution in [0, 0.1) is 24.2 Å². The van der Waals surface area contributed by atoms with Gasteiger partial charge in [0, 0.05) is 17.8 Å². The summed E-state index contributed by atoms with van der Waals surface area (Å²) in [6.45, 7) is 2.03. The summed E-state index contributed by atoms with van der Waals surface area (Å²) in [4.78, 5) is 11.1. The van der Waals surface area contributed by atoms with Crippen LogP contribution in [-0.2, 0) is 10.2 Å². The molecule has 1 aromatic carbocycles. The molecule has 0 aromatic heterocycles. The molecule has 1 saturated carbocycles. The molecule has 0 N–H and O–H groups in total. The molecule has 106 valence electrons. The summed E-state index contributed by atoms with van der Waals surface area (Å²) >= 11 is 0. The summed E-state index contributed by atoms with van der Waals surface area (Å²) in [7, 11) is 1.67. The Kier molecular flexibility index (Phi) is 4.44. The van der Waals surface area contributed by atoms with Gasteiger partial charge in [-0.1, -0.05) is 12.1 Å². The SMILES string of the molecule is COc1ccc(C2(CC=O)CCC(C#N)CC2)cc1C. The van der Waals surface area contributed by atoms with E-state index in [0.717, 1.165) is 43.3 Å². The van der Waals surface area contributed by atoms with E-state index in [0.29, 0.717) is 6.42 Å². The van der Waals surface area contributed by atoms with Gasteiger partial charge in [-0.05, 0) is 49.8 Å². The van der Waals surface area contributed by atoms with Crippen molar-refractivity contribution in [1.82, 2.24) is 0 Å². The maximum atomic E-state index is 11.1. The molecule has 0 saturated heterocycles. The van der Waals surface area contributed by atoms with Crippen LogP contribution in [0.1, 0.15) is 43.2 Å². The maximum Gasteiger partial charge on any atom is 0.121 e. The summed E-state index contributed by atoms with van der Waals surface area (Å²) < 4.78 is 5.30. The van der Waals surface area contributed by atoms with E-state index in [1.165, 1.54) is 5.56 Å². The molecule has 3 heteroatoms.